The number of H-pyrrole nitrogens is 1. The minimum Gasteiger partial charge on any atom is -0.315 e. The number of rotatable bonds is 5. The highest BCUT2D eigenvalue weighted by molar-refractivity contribution is 7.89. The molecule has 1 amide bonds. The van der Waals surface area contributed by atoms with Gasteiger partial charge in [0.25, 0.3) is 0 Å². The lowest BCUT2D eigenvalue weighted by Gasteiger charge is -2.33. The monoisotopic (exact) mass is 451 g/mol. The molecule has 0 atom stereocenters. The van der Waals surface area contributed by atoms with E-state index in [-0.39, 0.29) is 11.7 Å². The van der Waals surface area contributed by atoms with Crippen molar-refractivity contribution in [2.75, 3.05) is 43.9 Å². The highest BCUT2D eigenvalue weighted by atomic mass is 35.5. The Balaban J connectivity index is 1.53. The Kier molecular flexibility index (Phi) is 5.89. The smallest absolute Gasteiger partial charge is 0.227 e. The standard InChI is InChI=1S/C20H26ClN5O3S/c1-3-30(28,29)26-10-8-25(9-11-26)13-14-12-22-23-20(14)16-4-6-17-15(19(16)21)5-7-18(27)24(17)2/h4,6,12H,3,5,7-11,13H2,1-2H3,(H,22,23). The zero-order valence-corrected chi connectivity index (χ0v) is 18.8. The fourth-order valence-electron chi connectivity index (χ4n) is 4.14. The summed E-state index contributed by atoms with van der Waals surface area (Å²) in [6, 6.07) is 3.85. The zero-order chi connectivity index (χ0) is 21.5. The summed E-state index contributed by atoms with van der Waals surface area (Å²) in [4.78, 5) is 15.9. The van der Waals surface area contributed by atoms with Crippen LogP contribution in [0.15, 0.2) is 18.3 Å². The predicted octanol–water partition coefficient (Wildman–Crippen LogP) is 2.11. The summed E-state index contributed by atoms with van der Waals surface area (Å²) in [7, 11) is -1.37. The average Bonchev–Trinajstić information content (AvgIpc) is 3.19. The second-order valence-corrected chi connectivity index (χ2v) is 10.3. The number of aromatic nitrogens is 2. The minimum absolute atomic E-state index is 0.0935. The van der Waals surface area contributed by atoms with E-state index in [9.17, 15) is 13.2 Å². The summed E-state index contributed by atoms with van der Waals surface area (Å²) in [5.41, 5.74) is 4.49. The van der Waals surface area contributed by atoms with Gasteiger partial charge in [-0.3, -0.25) is 14.8 Å². The van der Waals surface area contributed by atoms with Crippen LogP contribution < -0.4 is 4.90 Å². The Morgan fingerprint density at radius 3 is 2.60 bits per heavy atom. The van der Waals surface area contributed by atoms with Crippen LogP contribution in [0, 0.1) is 0 Å². The molecule has 0 unspecified atom stereocenters. The molecule has 4 rings (SSSR count). The number of carbonyl (C=O) groups excluding carboxylic acids is 1. The number of fused-ring (bicyclic) bond motifs is 1. The Labute approximate surface area is 181 Å². The number of halogens is 1. The number of carbonyl (C=O) groups is 1. The van der Waals surface area contributed by atoms with Gasteiger partial charge in [0, 0.05) is 69.2 Å². The van der Waals surface area contributed by atoms with Gasteiger partial charge in [0.1, 0.15) is 0 Å². The topological polar surface area (TPSA) is 89.6 Å². The Bertz CT molecular complexity index is 1060. The molecule has 162 valence electrons. The maximum absolute atomic E-state index is 12.1. The molecule has 0 bridgehead atoms. The third kappa shape index (κ3) is 3.87. The SMILES string of the molecule is CCS(=O)(=O)N1CCN(Cc2c[nH]nc2-c2ccc3c(c2Cl)CCC(=O)N3C)CC1. The van der Waals surface area contributed by atoms with Crippen LogP contribution in [-0.2, 0) is 27.8 Å². The number of nitrogens with zero attached hydrogens (tertiary/aromatic N) is 4. The number of piperazine rings is 1. The largest absolute Gasteiger partial charge is 0.315 e. The van der Waals surface area contributed by atoms with Gasteiger partial charge in [-0.1, -0.05) is 11.6 Å². The maximum Gasteiger partial charge on any atom is 0.227 e. The second-order valence-electron chi connectivity index (χ2n) is 7.71. The first-order valence-electron chi connectivity index (χ1n) is 10.1. The zero-order valence-electron chi connectivity index (χ0n) is 17.2. The summed E-state index contributed by atoms with van der Waals surface area (Å²) in [6.07, 6.45) is 2.94. The van der Waals surface area contributed by atoms with Gasteiger partial charge < -0.3 is 4.90 Å². The maximum atomic E-state index is 12.1. The summed E-state index contributed by atoms with van der Waals surface area (Å²) in [6.45, 7) is 4.70. The molecule has 0 radical (unpaired) electrons. The van der Waals surface area contributed by atoms with E-state index in [4.69, 9.17) is 11.6 Å². The van der Waals surface area contributed by atoms with Crippen LogP contribution in [0.3, 0.4) is 0 Å². The third-order valence-electron chi connectivity index (χ3n) is 6.00. The molecule has 10 heteroatoms. The molecule has 1 fully saturated rings. The minimum atomic E-state index is -3.14. The highest BCUT2D eigenvalue weighted by Gasteiger charge is 2.28. The lowest BCUT2D eigenvalue weighted by Crippen LogP contribution is -2.48. The number of anilines is 1. The van der Waals surface area contributed by atoms with Gasteiger partial charge in [-0.05, 0) is 31.0 Å². The molecule has 1 aromatic heterocycles. The van der Waals surface area contributed by atoms with Crippen molar-refractivity contribution < 1.29 is 13.2 Å². The Hall–Kier alpha value is -1.94. The van der Waals surface area contributed by atoms with Crippen molar-refractivity contribution in [2.45, 2.75) is 26.3 Å². The van der Waals surface area contributed by atoms with Gasteiger partial charge in [0.15, 0.2) is 0 Å². The fourth-order valence-corrected chi connectivity index (χ4v) is 5.57. The van der Waals surface area contributed by atoms with Gasteiger partial charge >= 0.3 is 0 Å². The molecule has 2 aliphatic rings. The van der Waals surface area contributed by atoms with Crippen molar-refractivity contribution in [3.8, 4) is 11.3 Å². The number of amides is 1. The van der Waals surface area contributed by atoms with Crippen LogP contribution in [0.1, 0.15) is 24.5 Å². The van der Waals surface area contributed by atoms with Gasteiger partial charge in [-0.25, -0.2) is 8.42 Å². The van der Waals surface area contributed by atoms with Gasteiger partial charge in [0.2, 0.25) is 15.9 Å². The van der Waals surface area contributed by atoms with Gasteiger partial charge in [-0.15, -0.1) is 0 Å². The first kappa shape index (κ1) is 21.3. The quantitative estimate of drug-likeness (QED) is 0.751. The van der Waals surface area contributed by atoms with Crippen LogP contribution in [-0.4, -0.2) is 72.7 Å². The molecule has 2 aromatic rings. The molecule has 0 saturated carbocycles. The molecule has 0 spiro atoms. The number of hydrogen-bond donors (Lipinski definition) is 1. The summed E-state index contributed by atoms with van der Waals surface area (Å²) in [5.74, 6) is 0.229. The van der Waals surface area contributed by atoms with E-state index in [1.807, 2.05) is 18.3 Å². The first-order chi connectivity index (χ1) is 14.3. The molecule has 1 N–H and O–H groups in total. The van der Waals surface area contributed by atoms with Crippen LogP contribution in [0.5, 0.6) is 0 Å². The van der Waals surface area contributed by atoms with Crippen molar-refractivity contribution >= 4 is 33.2 Å². The van der Waals surface area contributed by atoms with Gasteiger partial charge in [0.05, 0.1) is 16.5 Å². The van der Waals surface area contributed by atoms with Crippen LogP contribution in [0.25, 0.3) is 11.3 Å². The molecule has 8 nitrogen and oxygen atoms in total. The highest BCUT2D eigenvalue weighted by Crippen LogP contribution is 2.39. The van der Waals surface area contributed by atoms with E-state index in [1.165, 1.54) is 0 Å². The Morgan fingerprint density at radius 2 is 1.90 bits per heavy atom. The number of hydrogen-bond acceptors (Lipinski definition) is 5. The first-order valence-corrected chi connectivity index (χ1v) is 12.1. The van der Waals surface area contributed by atoms with Crippen molar-refractivity contribution in [3.05, 3.63) is 34.5 Å². The summed E-state index contributed by atoms with van der Waals surface area (Å²) in [5, 5.41) is 8.02. The lowest BCUT2D eigenvalue weighted by molar-refractivity contribution is -0.118. The van der Waals surface area contributed by atoms with Crippen LogP contribution in [0.4, 0.5) is 5.69 Å². The van der Waals surface area contributed by atoms with E-state index < -0.39 is 10.0 Å². The number of sulfonamides is 1. The molecule has 30 heavy (non-hydrogen) atoms. The summed E-state index contributed by atoms with van der Waals surface area (Å²) >= 11 is 6.75. The second kappa shape index (κ2) is 8.30. The van der Waals surface area contributed by atoms with E-state index in [2.05, 4.69) is 15.1 Å². The normalized spacial score (nSPS) is 18.6. The number of benzene rings is 1. The van der Waals surface area contributed by atoms with E-state index in [0.717, 1.165) is 28.1 Å². The van der Waals surface area contributed by atoms with Crippen molar-refractivity contribution in [2.24, 2.45) is 0 Å². The number of nitrogens with one attached hydrogen (secondary N) is 1. The molecule has 2 aliphatic heterocycles. The molecular formula is C20H26ClN5O3S. The Morgan fingerprint density at radius 1 is 1.17 bits per heavy atom. The van der Waals surface area contributed by atoms with E-state index in [1.54, 1.807) is 23.2 Å². The fraction of sp³-hybridized carbons (Fsp3) is 0.500. The molecule has 1 aromatic carbocycles. The van der Waals surface area contributed by atoms with Gasteiger partial charge in [-0.2, -0.15) is 9.40 Å². The van der Waals surface area contributed by atoms with Crippen molar-refractivity contribution in [1.82, 2.24) is 19.4 Å². The average molecular weight is 452 g/mol. The van der Waals surface area contributed by atoms with Crippen LogP contribution in [0.2, 0.25) is 5.02 Å². The van der Waals surface area contributed by atoms with E-state index >= 15 is 0 Å². The number of aromatic amines is 1. The lowest BCUT2D eigenvalue weighted by atomic mass is 9.96. The van der Waals surface area contributed by atoms with Crippen LogP contribution >= 0.6 is 11.6 Å². The molecule has 0 aliphatic carbocycles. The molecule has 3 heterocycles. The summed E-state index contributed by atoms with van der Waals surface area (Å²) < 4.78 is 25.7. The van der Waals surface area contributed by atoms with E-state index in [0.29, 0.717) is 50.6 Å². The third-order valence-corrected chi connectivity index (χ3v) is 8.31. The van der Waals surface area contributed by atoms with Crippen molar-refractivity contribution in [3.63, 3.8) is 0 Å². The van der Waals surface area contributed by atoms with Crippen molar-refractivity contribution in [1.29, 1.82) is 0 Å². The molecular weight excluding hydrogens is 426 g/mol. The predicted molar refractivity (Wildman–Crippen MR) is 117 cm³/mol. The molecule has 1 saturated heterocycles.